The molecule has 0 fully saturated rings. The minimum atomic E-state index is -3.55. The summed E-state index contributed by atoms with van der Waals surface area (Å²) in [5, 5.41) is 9.09. The molecule has 6 heteroatoms. The molecular weight excluding hydrogens is 352 g/mol. The fraction of sp³-hybridized carbons (Fsp3) is 0.533. The summed E-state index contributed by atoms with van der Waals surface area (Å²) in [5.74, 6) is 0. The molecule has 0 aromatic heterocycles. The molecule has 0 bridgehead atoms. The van der Waals surface area contributed by atoms with Gasteiger partial charge in [0.05, 0.1) is 16.4 Å². The number of nitrogens with zero attached hydrogens (tertiary/aromatic N) is 1. The molecule has 0 heterocycles. The molecule has 0 amide bonds. The normalized spacial score (nSPS) is 13.0. The third-order valence-corrected chi connectivity index (χ3v) is 5.20. The van der Waals surface area contributed by atoms with Crippen LogP contribution in [0.15, 0.2) is 27.6 Å². The van der Waals surface area contributed by atoms with Crippen molar-refractivity contribution in [3.05, 3.63) is 28.2 Å². The molecule has 0 aliphatic carbocycles. The first-order valence-corrected chi connectivity index (χ1v) is 8.88. The standard InChI is InChI=1S/C15H21BrN2O2S/c1-14(2,3)18-21(19,20)12-7-6-11(13(16)8-12)9-15(4,5)10-17/h6-8,18H,9H2,1-5H3. The number of hydrogen-bond donors (Lipinski definition) is 1. The summed E-state index contributed by atoms with van der Waals surface area (Å²) in [4.78, 5) is 0.211. The first-order valence-electron chi connectivity index (χ1n) is 6.60. The Balaban J connectivity index is 3.12. The largest absolute Gasteiger partial charge is 0.241 e. The van der Waals surface area contributed by atoms with Gasteiger partial charge in [-0.15, -0.1) is 0 Å². The van der Waals surface area contributed by atoms with Crippen LogP contribution in [0.25, 0.3) is 0 Å². The number of halogens is 1. The fourth-order valence-electron chi connectivity index (χ4n) is 1.82. The molecule has 116 valence electrons. The van der Waals surface area contributed by atoms with Crippen molar-refractivity contribution in [1.29, 1.82) is 5.26 Å². The zero-order valence-electron chi connectivity index (χ0n) is 13.0. The number of nitrogens with one attached hydrogen (secondary N) is 1. The van der Waals surface area contributed by atoms with Crippen molar-refractivity contribution in [2.45, 2.75) is 51.5 Å². The second-order valence-electron chi connectivity index (χ2n) is 6.78. The van der Waals surface area contributed by atoms with Gasteiger partial charge in [-0.05, 0) is 58.7 Å². The highest BCUT2D eigenvalue weighted by molar-refractivity contribution is 9.10. The van der Waals surface area contributed by atoms with Crippen LogP contribution in [0.3, 0.4) is 0 Å². The van der Waals surface area contributed by atoms with Crippen LogP contribution in [0.2, 0.25) is 0 Å². The summed E-state index contributed by atoms with van der Waals surface area (Å²) < 4.78 is 27.9. The maximum Gasteiger partial charge on any atom is 0.241 e. The van der Waals surface area contributed by atoms with E-state index in [0.717, 1.165) is 5.56 Å². The molecule has 0 aliphatic heterocycles. The lowest BCUT2D eigenvalue weighted by Crippen LogP contribution is -2.40. The topological polar surface area (TPSA) is 70.0 Å². The molecule has 0 unspecified atom stereocenters. The van der Waals surface area contributed by atoms with Crippen molar-refractivity contribution in [2.24, 2.45) is 5.41 Å². The van der Waals surface area contributed by atoms with E-state index >= 15 is 0 Å². The first-order chi connectivity index (χ1) is 9.36. The van der Waals surface area contributed by atoms with Crippen LogP contribution < -0.4 is 4.72 Å². The Morgan fingerprint density at radius 3 is 2.24 bits per heavy atom. The smallest absolute Gasteiger partial charge is 0.207 e. The van der Waals surface area contributed by atoms with Crippen LogP contribution in [0, 0.1) is 16.7 Å². The van der Waals surface area contributed by atoms with Gasteiger partial charge in [-0.2, -0.15) is 5.26 Å². The molecule has 0 saturated heterocycles. The maximum atomic E-state index is 12.3. The Morgan fingerprint density at radius 2 is 1.81 bits per heavy atom. The van der Waals surface area contributed by atoms with Crippen molar-refractivity contribution in [2.75, 3.05) is 0 Å². The molecule has 1 rings (SSSR count). The molecule has 0 atom stereocenters. The Bertz CT molecular complexity index is 668. The highest BCUT2D eigenvalue weighted by Crippen LogP contribution is 2.28. The van der Waals surface area contributed by atoms with Gasteiger partial charge in [0.1, 0.15) is 0 Å². The van der Waals surface area contributed by atoms with Gasteiger partial charge in [0.15, 0.2) is 0 Å². The predicted octanol–water partition coefficient (Wildman–Crippen LogP) is 3.62. The van der Waals surface area contributed by atoms with Gasteiger partial charge in [0.2, 0.25) is 10.0 Å². The number of sulfonamides is 1. The van der Waals surface area contributed by atoms with Crippen LogP contribution in [-0.2, 0) is 16.4 Å². The lowest BCUT2D eigenvalue weighted by Gasteiger charge is -2.21. The van der Waals surface area contributed by atoms with Crippen molar-refractivity contribution in [3.63, 3.8) is 0 Å². The van der Waals surface area contributed by atoms with Gasteiger partial charge in [-0.3, -0.25) is 0 Å². The van der Waals surface area contributed by atoms with E-state index in [1.54, 1.807) is 39.0 Å². The molecule has 21 heavy (non-hydrogen) atoms. The third-order valence-electron chi connectivity index (χ3n) is 2.71. The van der Waals surface area contributed by atoms with E-state index < -0.39 is 21.0 Å². The van der Waals surface area contributed by atoms with E-state index in [4.69, 9.17) is 5.26 Å². The van der Waals surface area contributed by atoms with Crippen LogP contribution in [0.1, 0.15) is 40.2 Å². The summed E-state index contributed by atoms with van der Waals surface area (Å²) in [6.45, 7) is 9.09. The highest BCUT2D eigenvalue weighted by Gasteiger charge is 2.24. The first kappa shape index (κ1) is 18.1. The van der Waals surface area contributed by atoms with Crippen molar-refractivity contribution >= 4 is 26.0 Å². The zero-order valence-corrected chi connectivity index (χ0v) is 15.4. The number of benzene rings is 1. The molecule has 4 nitrogen and oxygen atoms in total. The summed E-state index contributed by atoms with van der Waals surface area (Å²) in [6, 6.07) is 7.14. The monoisotopic (exact) mass is 372 g/mol. The fourth-order valence-corrected chi connectivity index (χ4v) is 3.93. The summed E-state index contributed by atoms with van der Waals surface area (Å²) in [5.41, 5.74) is -0.115. The SMILES string of the molecule is CC(C)(C#N)Cc1ccc(S(=O)(=O)NC(C)(C)C)cc1Br. The van der Waals surface area contributed by atoms with Crippen LogP contribution in [-0.4, -0.2) is 14.0 Å². The molecule has 0 spiro atoms. The summed E-state index contributed by atoms with van der Waals surface area (Å²) in [6.07, 6.45) is 0.553. The van der Waals surface area contributed by atoms with Crippen LogP contribution >= 0.6 is 15.9 Å². The van der Waals surface area contributed by atoms with E-state index in [9.17, 15) is 8.42 Å². The Labute approximate surface area is 135 Å². The lowest BCUT2D eigenvalue weighted by atomic mass is 9.87. The quantitative estimate of drug-likeness (QED) is 0.876. The third kappa shape index (κ3) is 5.42. The number of rotatable bonds is 4. The van der Waals surface area contributed by atoms with Crippen molar-refractivity contribution < 1.29 is 8.42 Å². The van der Waals surface area contributed by atoms with Gasteiger partial charge in [-0.25, -0.2) is 13.1 Å². The van der Waals surface area contributed by atoms with Gasteiger partial charge >= 0.3 is 0 Å². The lowest BCUT2D eigenvalue weighted by molar-refractivity contribution is 0.490. The van der Waals surface area contributed by atoms with E-state index in [2.05, 4.69) is 26.7 Å². The van der Waals surface area contributed by atoms with Gasteiger partial charge in [0, 0.05) is 10.0 Å². The van der Waals surface area contributed by atoms with E-state index in [1.165, 1.54) is 0 Å². The predicted molar refractivity (Wildman–Crippen MR) is 87.3 cm³/mol. The molecule has 1 N–H and O–H groups in total. The molecule has 0 radical (unpaired) electrons. The minimum Gasteiger partial charge on any atom is -0.207 e. The maximum absolute atomic E-state index is 12.3. The molecule has 1 aromatic rings. The Morgan fingerprint density at radius 1 is 1.24 bits per heavy atom. The molecular formula is C15H21BrN2O2S. The van der Waals surface area contributed by atoms with Gasteiger partial charge in [0.25, 0.3) is 0 Å². The number of hydrogen-bond acceptors (Lipinski definition) is 3. The Hall–Kier alpha value is -0.900. The van der Waals surface area contributed by atoms with Crippen molar-refractivity contribution in [1.82, 2.24) is 4.72 Å². The van der Waals surface area contributed by atoms with Crippen molar-refractivity contribution in [3.8, 4) is 6.07 Å². The number of nitriles is 1. The molecule has 0 saturated carbocycles. The van der Waals surface area contributed by atoms with E-state index in [0.29, 0.717) is 10.9 Å². The second kappa shape index (κ2) is 6.07. The van der Waals surface area contributed by atoms with Crippen LogP contribution in [0.4, 0.5) is 0 Å². The van der Waals surface area contributed by atoms with Gasteiger partial charge in [-0.1, -0.05) is 22.0 Å². The summed E-state index contributed by atoms with van der Waals surface area (Å²) >= 11 is 3.40. The Kier molecular flexibility index (Phi) is 5.25. The van der Waals surface area contributed by atoms with E-state index in [-0.39, 0.29) is 4.90 Å². The zero-order chi connectivity index (χ0) is 16.5. The summed E-state index contributed by atoms with van der Waals surface area (Å²) in [7, 11) is -3.55. The molecule has 1 aromatic carbocycles. The van der Waals surface area contributed by atoms with E-state index in [1.807, 2.05) is 13.8 Å². The van der Waals surface area contributed by atoms with Gasteiger partial charge < -0.3 is 0 Å². The second-order valence-corrected chi connectivity index (χ2v) is 9.32. The van der Waals surface area contributed by atoms with Crippen LogP contribution in [0.5, 0.6) is 0 Å². The highest BCUT2D eigenvalue weighted by atomic mass is 79.9. The average Bonchev–Trinajstić information content (AvgIpc) is 2.28. The minimum absolute atomic E-state index is 0.211. The molecule has 0 aliphatic rings. The average molecular weight is 373 g/mol.